The molecule has 0 saturated carbocycles. The average Bonchev–Trinajstić information content (AvgIpc) is 2.38. The highest BCUT2D eigenvalue weighted by Crippen LogP contribution is 2.10. The van der Waals surface area contributed by atoms with E-state index in [2.05, 4.69) is 15.3 Å². The molecule has 0 fully saturated rings. The monoisotopic (exact) mass is 257 g/mol. The number of nitrogens with one attached hydrogen (secondary N) is 2. The molecule has 0 aromatic carbocycles. The lowest BCUT2D eigenvalue weighted by atomic mass is 10.1. The van der Waals surface area contributed by atoms with Gasteiger partial charge in [0.25, 0.3) is 5.91 Å². The molecular weight excluding hydrogens is 242 g/mol. The van der Waals surface area contributed by atoms with E-state index < -0.39 is 0 Å². The summed E-state index contributed by atoms with van der Waals surface area (Å²) >= 11 is 0. The maximum absolute atomic E-state index is 12.0. The molecule has 0 aliphatic rings. The molecule has 1 atom stereocenters. The summed E-state index contributed by atoms with van der Waals surface area (Å²) in [6, 6.07) is 6.26. The first kappa shape index (κ1) is 13.0. The summed E-state index contributed by atoms with van der Waals surface area (Å²) in [4.78, 5) is 30.3. The molecule has 5 nitrogen and oxygen atoms in total. The summed E-state index contributed by atoms with van der Waals surface area (Å²) < 4.78 is 0. The van der Waals surface area contributed by atoms with Crippen LogP contribution < -0.4 is 10.7 Å². The van der Waals surface area contributed by atoms with Crippen LogP contribution in [0.5, 0.6) is 0 Å². The summed E-state index contributed by atoms with van der Waals surface area (Å²) in [6.07, 6.45) is 3.38. The molecule has 0 radical (unpaired) electrons. The fraction of sp³-hybridized carbons (Fsp3) is 0.214. The summed E-state index contributed by atoms with van der Waals surface area (Å²) in [5, 5.41) is 2.82. The molecule has 0 spiro atoms. The zero-order chi connectivity index (χ0) is 13.8. The van der Waals surface area contributed by atoms with Gasteiger partial charge in [-0.2, -0.15) is 0 Å². The lowest BCUT2D eigenvalue weighted by molar-refractivity contribution is 0.0934. The van der Waals surface area contributed by atoms with Crippen LogP contribution in [-0.2, 0) is 0 Å². The van der Waals surface area contributed by atoms with Crippen molar-refractivity contribution in [2.75, 3.05) is 0 Å². The van der Waals surface area contributed by atoms with Gasteiger partial charge < -0.3 is 10.3 Å². The molecule has 2 aromatic rings. The number of amides is 1. The number of carbonyl (C=O) groups is 1. The first-order valence-electron chi connectivity index (χ1n) is 5.98. The van der Waals surface area contributed by atoms with Gasteiger partial charge in [-0.1, -0.05) is 6.07 Å². The number of pyridine rings is 2. The van der Waals surface area contributed by atoms with Gasteiger partial charge in [-0.3, -0.25) is 14.6 Å². The lowest BCUT2D eigenvalue weighted by Gasteiger charge is -2.13. The Kier molecular flexibility index (Phi) is 3.75. The summed E-state index contributed by atoms with van der Waals surface area (Å²) in [7, 11) is 0. The van der Waals surface area contributed by atoms with Crippen molar-refractivity contribution in [1.82, 2.24) is 15.3 Å². The zero-order valence-electron chi connectivity index (χ0n) is 10.8. The van der Waals surface area contributed by atoms with E-state index in [0.717, 1.165) is 5.56 Å². The van der Waals surface area contributed by atoms with Gasteiger partial charge in [0.15, 0.2) is 5.43 Å². The molecule has 98 valence electrons. The molecule has 2 heterocycles. The zero-order valence-corrected chi connectivity index (χ0v) is 10.8. The molecule has 2 aromatic heterocycles. The first-order valence-corrected chi connectivity index (χ1v) is 5.98. The molecule has 1 amide bonds. The van der Waals surface area contributed by atoms with Crippen LogP contribution in [0.1, 0.15) is 34.7 Å². The number of rotatable bonds is 3. The molecule has 0 saturated heterocycles. The third-order valence-corrected chi connectivity index (χ3v) is 2.75. The Morgan fingerprint density at radius 3 is 2.84 bits per heavy atom. The van der Waals surface area contributed by atoms with E-state index in [1.807, 2.05) is 19.1 Å². The van der Waals surface area contributed by atoms with Crippen molar-refractivity contribution in [2.45, 2.75) is 19.9 Å². The van der Waals surface area contributed by atoms with Crippen LogP contribution in [0, 0.1) is 6.92 Å². The number of hydrogen-bond acceptors (Lipinski definition) is 3. The molecule has 0 unspecified atom stereocenters. The highest BCUT2D eigenvalue weighted by Gasteiger charge is 2.12. The van der Waals surface area contributed by atoms with Crippen molar-refractivity contribution >= 4 is 5.91 Å². The van der Waals surface area contributed by atoms with Crippen LogP contribution in [0.4, 0.5) is 0 Å². The Morgan fingerprint density at radius 1 is 1.42 bits per heavy atom. The molecule has 19 heavy (non-hydrogen) atoms. The van der Waals surface area contributed by atoms with Gasteiger partial charge >= 0.3 is 0 Å². The third-order valence-electron chi connectivity index (χ3n) is 2.75. The maximum Gasteiger partial charge on any atom is 0.268 e. The second-order valence-corrected chi connectivity index (χ2v) is 4.39. The maximum atomic E-state index is 12.0. The normalized spacial score (nSPS) is 11.9. The first-order chi connectivity index (χ1) is 9.06. The van der Waals surface area contributed by atoms with Crippen molar-refractivity contribution in [2.24, 2.45) is 0 Å². The third kappa shape index (κ3) is 3.28. The van der Waals surface area contributed by atoms with Crippen LogP contribution in [0.25, 0.3) is 0 Å². The van der Waals surface area contributed by atoms with Crippen LogP contribution in [0.15, 0.2) is 41.5 Å². The van der Waals surface area contributed by atoms with Gasteiger partial charge in [0.2, 0.25) is 0 Å². The molecule has 5 heteroatoms. The Bertz CT molecular complexity index is 635. The van der Waals surface area contributed by atoms with Crippen molar-refractivity contribution in [3.05, 3.63) is 63.8 Å². The molecule has 2 N–H and O–H groups in total. The highest BCUT2D eigenvalue weighted by atomic mass is 16.2. The number of aromatic amines is 1. The standard InChI is InChI=1S/C14H15N3O2/c1-9-6-12(18)7-13(16-9)14(19)17-10(2)11-4-3-5-15-8-11/h3-8,10H,1-2H3,(H,16,18)(H,17,19)/t10-/m1/s1. The lowest BCUT2D eigenvalue weighted by Crippen LogP contribution is -2.28. The van der Waals surface area contributed by atoms with Crippen molar-refractivity contribution < 1.29 is 4.79 Å². The SMILES string of the molecule is Cc1cc(=O)cc(C(=O)N[C@H](C)c2cccnc2)[nH]1. The molecule has 2 rings (SSSR count). The topological polar surface area (TPSA) is 74.8 Å². The largest absolute Gasteiger partial charge is 0.354 e. The molecule has 0 aliphatic carbocycles. The number of aromatic nitrogens is 2. The Morgan fingerprint density at radius 2 is 2.21 bits per heavy atom. The number of aryl methyl sites for hydroxylation is 1. The second-order valence-electron chi connectivity index (χ2n) is 4.39. The molecular formula is C14H15N3O2. The van der Waals surface area contributed by atoms with Gasteiger partial charge in [0, 0.05) is 30.2 Å². The van der Waals surface area contributed by atoms with Gasteiger partial charge in [-0.05, 0) is 25.5 Å². The number of nitrogens with zero attached hydrogens (tertiary/aromatic N) is 1. The quantitative estimate of drug-likeness (QED) is 0.876. The molecule has 0 aliphatic heterocycles. The van der Waals surface area contributed by atoms with Gasteiger partial charge in [0.05, 0.1) is 6.04 Å². The minimum atomic E-state index is -0.308. The van der Waals surface area contributed by atoms with Crippen LogP contribution >= 0.6 is 0 Å². The van der Waals surface area contributed by atoms with E-state index in [9.17, 15) is 9.59 Å². The number of hydrogen-bond donors (Lipinski definition) is 2. The van der Waals surface area contributed by atoms with Crippen molar-refractivity contribution in [3.8, 4) is 0 Å². The number of H-pyrrole nitrogens is 1. The van der Waals surface area contributed by atoms with Gasteiger partial charge in [0.1, 0.15) is 5.69 Å². The number of carbonyl (C=O) groups excluding carboxylic acids is 1. The van der Waals surface area contributed by atoms with Crippen LogP contribution in [0.3, 0.4) is 0 Å². The van der Waals surface area contributed by atoms with Crippen LogP contribution in [0.2, 0.25) is 0 Å². The van der Waals surface area contributed by atoms with E-state index in [1.54, 1.807) is 19.3 Å². The Balaban J connectivity index is 2.15. The fourth-order valence-electron chi connectivity index (χ4n) is 1.79. The Labute approximate surface area is 110 Å². The fourth-order valence-corrected chi connectivity index (χ4v) is 1.79. The van der Waals surface area contributed by atoms with Crippen LogP contribution in [-0.4, -0.2) is 15.9 Å². The second kappa shape index (κ2) is 5.48. The predicted octanol–water partition coefficient (Wildman–Crippen LogP) is 1.57. The van der Waals surface area contributed by atoms with Crippen molar-refractivity contribution in [3.63, 3.8) is 0 Å². The minimum absolute atomic E-state index is 0.176. The summed E-state index contributed by atoms with van der Waals surface area (Å²) in [6.45, 7) is 3.60. The van der Waals surface area contributed by atoms with E-state index >= 15 is 0 Å². The predicted molar refractivity (Wildman–Crippen MR) is 71.9 cm³/mol. The van der Waals surface area contributed by atoms with Gasteiger partial charge in [-0.25, -0.2) is 0 Å². The highest BCUT2D eigenvalue weighted by molar-refractivity contribution is 5.92. The van der Waals surface area contributed by atoms with E-state index in [-0.39, 0.29) is 23.1 Å². The van der Waals surface area contributed by atoms with E-state index in [4.69, 9.17) is 0 Å². The molecule has 0 bridgehead atoms. The van der Waals surface area contributed by atoms with Gasteiger partial charge in [-0.15, -0.1) is 0 Å². The van der Waals surface area contributed by atoms with E-state index in [1.165, 1.54) is 12.1 Å². The smallest absolute Gasteiger partial charge is 0.268 e. The Hall–Kier alpha value is -2.43. The van der Waals surface area contributed by atoms with E-state index in [0.29, 0.717) is 5.69 Å². The van der Waals surface area contributed by atoms with Crippen molar-refractivity contribution in [1.29, 1.82) is 0 Å². The minimum Gasteiger partial charge on any atom is -0.354 e. The summed E-state index contributed by atoms with van der Waals surface area (Å²) in [5.74, 6) is -0.308. The summed E-state index contributed by atoms with van der Waals surface area (Å²) in [5.41, 5.74) is 1.65. The average molecular weight is 257 g/mol.